The normalized spacial score (nSPS) is 35.1. The van der Waals surface area contributed by atoms with Gasteiger partial charge in [-0.1, -0.05) is 17.7 Å². The average molecular weight is 270 g/mol. The zero-order chi connectivity index (χ0) is 14.0. The van der Waals surface area contributed by atoms with E-state index in [4.69, 9.17) is 14.6 Å². The molecule has 0 saturated carbocycles. The standard InChI is InChI=1S/C13H18O6/c1-7-2-4-8(5-3-7)18-13-12(17)11(16)10(15)9(6-14)19-13/h2-5,9-17H,6H2,1H3/t9-,10?,11+,12+,13+/m1/s1. The Hall–Kier alpha value is -1.18. The summed E-state index contributed by atoms with van der Waals surface area (Å²) < 4.78 is 10.7. The summed E-state index contributed by atoms with van der Waals surface area (Å²) in [6.07, 6.45) is -6.30. The van der Waals surface area contributed by atoms with E-state index in [2.05, 4.69) is 0 Å². The number of aliphatic hydroxyl groups is 4. The zero-order valence-corrected chi connectivity index (χ0v) is 10.5. The molecule has 0 bridgehead atoms. The lowest BCUT2D eigenvalue weighted by atomic mass is 9.99. The van der Waals surface area contributed by atoms with Gasteiger partial charge in [0, 0.05) is 0 Å². The molecule has 2 rings (SSSR count). The van der Waals surface area contributed by atoms with Crippen LogP contribution in [-0.2, 0) is 4.74 Å². The molecule has 19 heavy (non-hydrogen) atoms. The highest BCUT2D eigenvalue weighted by molar-refractivity contribution is 5.26. The van der Waals surface area contributed by atoms with Crippen molar-refractivity contribution in [1.82, 2.24) is 0 Å². The number of hydrogen-bond donors (Lipinski definition) is 4. The quantitative estimate of drug-likeness (QED) is 0.572. The van der Waals surface area contributed by atoms with Gasteiger partial charge in [-0.3, -0.25) is 0 Å². The Morgan fingerprint density at radius 2 is 1.68 bits per heavy atom. The summed E-state index contributed by atoms with van der Waals surface area (Å²) >= 11 is 0. The Morgan fingerprint density at radius 1 is 1.05 bits per heavy atom. The van der Waals surface area contributed by atoms with Gasteiger partial charge >= 0.3 is 0 Å². The van der Waals surface area contributed by atoms with Crippen LogP contribution in [0, 0.1) is 6.92 Å². The average Bonchev–Trinajstić information content (AvgIpc) is 2.42. The van der Waals surface area contributed by atoms with E-state index in [1.54, 1.807) is 12.1 Å². The second kappa shape index (κ2) is 5.85. The van der Waals surface area contributed by atoms with Crippen molar-refractivity contribution in [2.75, 3.05) is 6.61 Å². The number of aliphatic hydroxyl groups excluding tert-OH is 4. The van der Waals surface area contributed by atoms with Crippen molar-refractivity contribution in [3.63, 3.8) is 0 Å². The summed E-state index contributed by atoms with van der Waals surface area (Å²) in [4.78, 5) is 0. The van der Waals surface area contributed by atoms with Crippen LogP contribution in [0.4, 0.5) is 0 Å². The van der Waals surface area contributed by atoms with Crippen LogP contribution in [0.5, 0.6) is 5.75 Å². The van der Waals surface area contributed by atoms with Crippen LogP contribution >= 0.6 is 0 Å². The molecule has 4 N–H and O–H groups in total. The van der Waals surface area contributed by atoms with Crippen LogP contribution in [0.1, 0.15) is 5.56 Å². The third-order valence-electron chi connectivity index (χ3n) is 3.12. The molecule has 1 aliphatic heterocycles. The summed E-state index contributed by atoms with van der Waals surface area (Å²) in [6.45, 7) is 1.45. The Kier molecular flexibility index (Phi) is 4.38. The molecule has 0 radical (unpaired) electrons. The molecule has 1 heterocycles. The van der Waals surface area contributed by atoms with E-state index < -0.39 is 37.3 Å². The maximum absolute atomic E-state index is 9.80. The maximum atomic E-state index is 9.80. The molecule has 0 aromatic heterocycles. The summed E-state index contributed by atoms with van der Waals surface area (Å²) in [6, 6.07) is 7.08. The van der Waals surface area contributed by atoms with Gasteiger partial charge in [0.05, 0.1) is 6.61 Å². The molecular formula is C13H18O6. The molecule has 1 aromatic rings. The van der Waals surface area contributed by atoms with E-state index in [9.17, 15) is 15.3 Å². The molecule has 0 amide bonds. The first-order valence-corrected chi connectivity index (χ1v) is 6.07. The monoisotopic (exact) mass is 270 g/mol. The van der Waals surface area contributed by atoms with Gasteiger partial charge < -0.3 is 29.9 Å². The molecule has 6 nitrogen and oxygen atoms in total. The minimum Gasteiger partial charge on any atom is -0.462 e. The molecule has 0 spiro atoms. The van der Waals surface area contributed by atoms with Gasteiger partial charge in [-0.25, -0.2) is 0 Å². The first-order valence-electron chi connectivity index (χ1n) is 6.07. The number of hydrogen-bond acceptors (Lipinski definition) is 6. The molecule has 1 aromatic carbocycles. The van der Waals surface area contributed by atoms with Gasteiger partial charge in [0.25, 0.3) is 0 Å². The highest BCUT2D eigenvalue weighted by atomic mass is 16.7. The molecular weight excluding hydrogens is 252 g/mol. The van der Waals surface area contributed by atoms with E-state index in [1.165, 1.54) is 0 Å². The van der Waals surface area contributed by atoms with Crippen molar-refractivity contribution in [2.45, 2.75) is 37.6 Å². The summed E-state index contributed by atoms with van der Waals surface area (Å²) in [5.41, 5.74) is 1.06. The van der Waals surface area contributed by atoms with Gasteiger partial charge in [0.1, 0.15) is 30.2 Å². The lowest BCUT2D eigenvalue weighted by molar-refractivity contribution is -0.277. The minimum atomic E-state index is -1.43. The fourth-order valence-corrected chi connectivity index (χ4v) is 1.92. The van der Waals surface area contributed by atoms with Crippen LogP contribution in [0.25, 0.3) is 0 Å². The lowest BCUT2D eigenvalue weighted by Crippen LogP contribution is -2.60. The predicted octanol–water partition coefficient (Wildman–Crippen LogP) is -0.826. The van der Waals surface area contributed by atoms with Crippen molar-refractivity contribution < 1.29 is 29.9 Å². The third kappa shape index (κ3) is 3.05. The third-order valence-corrected chi connectivity index (χ3v) is 3.12. The Bertz CT molecular complexity index is 404. The molecule has 6 heteroatoms. The van der Waals surface area contributed by atoms with Crippen molar-refractivity contribution in [2.24, 2.45) is 0 Å². The van der Waals surface area contributed by atoms with Gasteiger partial charge in [-0.15, -0.1) is 0 Å². The first kappa shape index (κ1) is 14.2. The van der Waals surface area contributed by atoms with E-state index in [-0.39, 0.29) is 0 Å². The van der Waals surface area contributed by atoms with Crippen molar-refractivity contribution in [3.05, 3.63) is 29.8 Å². The molecule has 0 aliphatic carbocycles. The highest BCUT2D eigenvalue weighted by Crippen LogP contribution is 2.24. The topological polar surface area (TPSA) is 99.4 Å². The molecule has 1 saturated heterocycles. The fraction of sp³-hybridized carbons (Fsp3) is 0.538. The van der Waals surface area contributed by atoms with Crippen LogP contribution in [0.15, 0.2) is 24.3 Å². The maximum Gasteiger partial charge on any atom is 0.229 e. The smallest absolute Gasteiger partial charge is 0.229 e. The van der Waals surface area contributed by atoms with Gasteiger partial charge in [-0.2, -0.15) is 0 Å². The van der Waals surface area contributed by atoms with Crippen molar-refractivity contribution in [1.29, 1.82) is 0 Å². The number of rotatable bonds is 3. The van der Waals surface area contributed by atoms with E-state index in [1.807, 2.05) is 19.1 Å². The first-order chi connectivity index (χ1) is 9.02. The molecule has 1 fully saturated rings. The van der Waals surface area contributed by atoms with Crippen molar-refractivity contribution in [3.8, 4) is 5.75 Å². The SMILES string of the molecule is Cc1ccc(O[C@H]2O[C@H](CO)C(O)[C@H](O)[C@@H]2O)cc1. The molecule has 1 unspecified atom stereocenters. The molecule has 1 aliphatic rings. The fourth-order valence-electron chi connectivity index (χ4n) is 1.92. The predicted molar refractivity (Wildman–Crippen MR) is 65.6 cm³/mol. The highest BCUT2D eigenvalue weighted by Gasteiger charge is 2.44. The van der Waals surface area contributed by atoms with Crippen LogP contribution in [0.3, 0.4) is 0 Å². The van der Waals surface area contributed by atoms with E-state index >= 15 is 0 Å². The molecule has 106 valence electrons. The number of ether oxygens (including phenoxy) is 2. The Morgan fingerprint density at radius 3 is 2.26 bits per heavy atom. The molecule has 5 atom stereocenters. The number of benzene rings is 1. The summed E-state index contributed by atoms with van der Waals surface area (Å²) in [5, 5.41) is 38.1. The largest absolute Gasteiger partial charge is 0.462 e. The van der Waals surface area contributed by atoms with E-state index in [0.29, 0.717) is 5.75 Å². The number of aryl methyl sites for hydroxylation is 1. The van der Waals surface area contributed by atoms with Crippen molar-refractivity contribution >= 4 is 0 Å². The van der Waals surface area contributed by atoms with Gasteiger partial charge in [0.2, 0.25) is 6.29 Å². The van der Waals surface area contributed by atoms with Crippen LogP contribution in [-0.4, -0.2) is 57.7 Å². The Balaban J connectivity index is 2.08. The van der Waals surface area contributed by atoms with Gasteiger partial charge in [0.15, 0.2) is 0 Å². The second-order valence-corrected chi connectivity index (χ2v) is 4.63. The van der Waals surface area contributed by atoms with Crippen LogP contribution < -0.4 is 4.74 Å². The van der Waals surface area contributed by atoms with Crippen LogP contribution in [0.2, 0.25) is 0 Å². The summed E-state index contributed by atoms with van der Waals surface area (Å²) in [5.74, 6) is 0.468. The Labute approximate surface area is 110 Å². The van der Waals surface area contributed by atoms with E-state index in [0.717, 1.165) is 5.56 Å². The van der Waals surface area contributed by atoms with Gasteiger partial charge in [-0.05, 0) is 19.1 Å². The second-order valence-electron chi connectivity index (χ2n) is 4.63. The zero-order valence-electron chi connectivity index (χ0n) is 10.5. The minimum absolute atomic E-state index is 0.468. The summed E-state index contributed by atoms with van der Waals surface area (Å²) in [7, 11) is 0. The lowest BCUT2D eigenvalue weighted by Gasteiger charge is -2.39.